The van der Waals surface area contributed by atoms with Gasteiger partial charge in [0.2, 0.25) is 21.8 Å². The number of aliphatic hydroxyl groups excluding tert-OH is 1. The molecule has 3 N–H and O–H groups in total. The Morgan fingerprint density at radius 2 is 1.91 bits per heavy atom. The summed E-state index contributed by atoms with van der Waals surface area (Å²) in [4.78, 5) is 27.8. The zero-order valence-corrected chi connectivity index (χ0v) is 20.7. The number of ether oxygens (including phenoxy) is 2. The van der Waals surface area contributed by atoms with Gasteiger partial charge in [0.1, 0.15) is 17.1 Å². The van der Waals surface area contributed by atoms with E-state index < -0.39 is 21.7 Å². The molecule has 2 rings (SSSR count). The number of amides is 2. The molecule has 1 aliphatic rings. The van der Waals surface area contributed by atoms with Crippen molar-refractivity contribution >= 4 is 22.0 Å². The van der Waals surface area contributed by atoms with Gasteiger partial charge in [-0.2, -0.15) is 4.31 Å². The summed E-state index contributed by atoms with van der Waals surface area (Å²) < 4.78 is 37.8. The second-order valence-electron chi connectivity index (χ2n) is 8.92. The van der Waals surface area contributed by atoms with Gasteiger partial charge in [-0.05, 0) is 45.3 Å². The number of hydrogen-bond donors (Lipinski definition) is 3. The lowest BCUT2D eigenvalue weighted by Crippen LogP contribution is -2.43. The van der Waals surface area contributed by atoms with Gasteiger partial charge < -0.3 is 25.2 Å². The van der Waals surface area contributed by atoms with E-state index in [1.165, 1.54) is 22.6 Å². The van der Waals surface area contributed by atoms with Crippen molar-refractivity contribution in [2.24, 2.45) is 5.92 Å². The molecule has 0 aromatic carbocycles. The van der Waals surface area contributed by atoms with Crippen molar-refractivity contribution in [1.29, 1.82) is 0 Å². The second-order valence-corrected chi connectivity index (χ2v) is 10.9. The van der Waals surface area contributed by atoms with Gasteiger partial charge in [0.25, 0.3) is 0 Å². The molecule has 1 aromatic heterocycles. The van der Waals surface area contributed by atoms with Gasteiger partial charge >= 0.3 is 6.09 Å². The summed E-state index contributed by atoms with van der Waals surface area (Å²) in [5.41, 5.74) is -0.0195. The molecule has 0 spiro atoms. The fourth-order valence-electron chi connectivity index (χ4n) is 3.17. The van der Waals surface area contributed by atoms with Gasteiger partial charge in [-0.3, -0.25) is 4.79 Å². The third-order valence-electron chi connectivity index (χ3n) is 4.89. The molecule has 0 bridgehead atoms. The first-order valence-electron chi connectivity index (χ1n) is 11.0. The van der Waals surface area contributed by atoms with Gasteiger partial charge in [0.05, 0.1) is 12.8 Å². The lowest BCUT2D eigenvalue weighted by molar-refractivity contribution is -0.126. The molecule has 34 heavy (non-hydrogen) atoms. The van der Waals surface area contributed by atoms with E-state index in [0.717, 1.165) is 0 Å². The van der Waals surface area contributed by atoms with E-state index in [1.54, 1.807) is 20.8 Å². The monoisotopic (exact) mass is 498 g/mol. The first-order valence-corrected chi connectivity index (χ1v) is 12.5. The molecule has 0 aliphatic carbocycles. The number of rotatable bonds is 10. The molecule has 0 saturated carbocycles. The minimum atomic E-state index is -3.74. The fourth-order valence-corrected chi connectivity index (χ4v) is 4.59. The molecule has 11 nitrogen and oxygen atoms in total. The Morgan fingerprint density at radius 3 is 2.47 bits per heavy atom. The molecule has 0 unspecified atom stereocenters. The summed E-state index contributed by atoms with van der Waals surface area (Å²) in [6.07, 6.45) is 1.48. The highest BCUT2D eigenvalue weighted by Crippen LogP contribution is 2.24. The van der Waals surface area contributed by atoms with E-state index in [2.05, 4.69) is 22.2 Å². The largest absolute Gasteiger partial charge is 0.473 e. The average Bonchev–Trinajstić information content (AvgIpc) is 2.79. The molecule has 1 aromatic rings. The van der Waals surface area contributed by atoms with Gasteiger partial charge in [-0.25, -0.2) is 18.2 Å². The van der Waals surface area contributed by atoms with Crippen molar-refractivity contribution in [2.45, 2.75) is 44.1 Å². The number of carbonyl (C=O) groups is 2. The molecule has 12 heteroatoms. The number of pyridine rings is 1. The molecule has 0 radical (unpaired) electrons. The van der Waals surface area contributed by atoms with Crippen LogP contribution in [0.3, 0.4) is 0 Å². The topological polar surface area (TPSA) is 147 Å². The van der Waals surface area contributed by atoms with Crippen molar-refractivity contribution in [3.63, 3.8) is 0 Å². The van der Waals surface area contributed by atoms with Crippen LogP contribution in [0.1, 0.15) is 33.6 Å². The van der Waals surface area contributed by atoms with Crippen LogP contribution in [0.5, 0.6) is 5.88 Å². The van der Waals surface area contributed by atoms with Crippen molar-refractivity contribution in [3.8, 4) is 5.88 Å². The summed E-state index contributed by atoms with van der Waals surface area (Å²) in [6, 6.07) is 2.87. The van der Waals surface area contributed by atoms with E-state index in [1.807, 2.05) is 0 Å². The number of sulfonamides is 1. The zero-order valence-electron chi connectivity index (χ0n) is 19.9. The number of nitrogens with zero attached hydrogens (tertiary/aromatic N) is 2. The van der Waals surface area contributed by atoms with Gasteiger partial charge in [-0.1, -0.05) is 6.58 Å². The van der Waals surface area contributed by atoms with Crippen molar-refractivity contribution in [1.82, 2.24) is 19.9 Å². The smallest absolute Gasteiger partial charge is 0.407 e. The van der Waals surface area contributed by atoms with Crippen LogP contribution in [0.25, 0.3) is 0 Å². The average molecular weight is 499 g/mol. The summed E-state index contributed by atoms with van der Waals surface area (Å²) >= 11 is 0. The third kappa shape index (κ3) is 8.58. The lowest BCUT2D eigenvalue weighted by atomic mass is 9.97. The van der Waals surface area contributed by atoms with Crippen LogP contribution < -0.4 is 15.4 Å². The van der Waals surface area contributed by atoms with Gasteiger partial charge in [-0.15, -0.1) is 0 Å². The van der Waals surface area contributed by atoms with Crippen LogP contribution >= 0.6 is 0 Å². The van der Waals surface area contributed by atoms with Gasteiger partial charge in [0.15, 0.2) is 0 Å². The lowest BCUT2D eigenvalue weighted by Gasteiger charge is -2.30. The highest BCUT2D eigenvalue weighted by atomic mass is 32.2. The van der Waals surface area contributed by atoms with E-state index in [9.17, 15) is 18.0 Å². The van der Waals surface area contributed by atoms with E-state index in [4.69, 9.17) is 14.6 Å². The molecule has 0 atom stereocenters. The summed E-state index contributed by atoms with van der Waals surface area (Å²) in [7, 11) is -3.74. The van der Waals surface area contributed by atoms with E-state index in [0.29, 0.717) is 18.4 Å². The number of aromatic nitrogens is 1. The maximum atomic E-state index is 12.9. The highest BCUT2D eigenvalue weighted by Gasteiger charge is 2.32. The fraction of sp³-hybridized carbons (Fsp3) is 0.591. The van der Waals surface area contributed by atoms with Crippen LogP contribution in [0.2, 0.25) is 0 Å². The molecule has 2 heterocycles. The quantitative estimate of drug-likeness (QED) is 0.406. The number of hydrogen-bond acceptors (Lipinski definition) is 8. The maximum Gasteiger partial charge on any atom is 0.407 e. The highest BCUT2D eigenvalue weighted by molar-refractivity contribution is 7.89. The minimum Gasteiger partial charge on any atom is -0.473 e. The zero-order chi connectivity index (χ0) is 25.4. The Kier molecular flexibility index (Phi) is 9.83. The predicted molar refractivity (Wildman–Crippen MR) is 125 cm³/mol. The minimum absolute atomic E-state index is 0.0356. The maximum absolute atomic E-state index is 12.9. The van der Waals surface area contributed by atoms with E-state index >= 15 is 0 Å². The number of carbonyl (C=O) groups excluding carboxylic acids is 2. The molecule has 1 aliphatic heterocycles. The predicted octanol–water partition coefficient (Wildman–Crippen LogP) is 1.05. The normalized spacial score (nSPS) is 15.4. The Morgan fingerprint density at radius 1 is 1.24 bits per heavy atom. The SMILES string of the molecule is C=C(CNC(=O)OC(C)(C)C)COc1ccc(S(=O)(=O)N2CCC(C(=O)NCCO)CC2)cn1. The van der Waals surface area contributed by atoms with Gasteiger partial charge in [0, 0.05) is 38.2 Å². The molecule has 1 fully saturated rings. The molecular weight excluding hydrogens is 464 g/mol. The summed E-state index contributed by atoms with van der Waals surface area (Å²) in [5, 5.41) is 14.0. The van der Waals surface area contributed by atoms with Crippen LogP contribution in [0, 0.1) is 5.92 Å². The first kappa shape index (κ1) is 27.5. The van der Waals surface area contributed by atoms with E-state index in [-0.39, 0.29) is 62.0 Å². The standard InChI is InChI=1S/C22H34N4O7S/c1-16(13-25-21(29)33-22(2,3)4)15-32-19-6-5-18(14-24-19)34(30,31)26-10-7-17(8-11-26)20(28)23-9-12-27/h5-6,14,17,27H,1,7-13,15H2,2-4H3,(H,23,28)(H,25,29). The Labute approximate surface area is 200 Å². The Bertz CT molecular complexity index is 950. The number of alkyl carbamates (subject to hydrolysis) is 1. The number of aliphatic hydroxyl groups is 1. The third-order valence-corrected chi connectivity index (χ3v) is 6.77. The van der Waals surface area contributed by atoms with Crippen LogP contribution in [-0.4, -0.2) is 79.8 Å². The number of piperidine rings is 1. The Balaban J connectivity index is 1.82. The van der Waals surface area contributed by atoms with Crippen molar-refractivity contribution < 1.29 is 32.6 Å². The molecule has 190 valence electrons. The van der Waals surface area contributed by atoms with Crippen LogP contribution in [0.4, 0.5) is 4.79 Å². The van der Waals surface area contributed by atoms with Crippen LogP contribution in [0.15, 0.2) is 35.4 Å². The summed E-state index contributed by atoms with van der Waals surface area (Å²) in [5.74, 6) is -0.224. The van der Waals surface area contributed by atoms with Crippen LogP contribution in [-0.2, 0) is 19.6 Å². The molecule has 1 saturated heterocycles. The first-order chi connectivity index (χ1) is 15.9. The van der Waals surface area contributed by atoms with Crippen molar-refractivity contribution in [3.05, 3.63) is 30.5 Å². The molecule has 2 amide bonds. The Hall–Kier alpha value is -2.70. The van der Waals surface area contributed by atoms with Crippen molar-refractivity contribution in [2.75, 3.05) is 39.4 Å². The second kappa shape index (κ2) is 12.1. The number of nitrogens with one attached hydrogen (secondary N) is 2. The molecular formula is C22H34N4O7S. The summed E-state index contributed by atoms with van der Waals surface area (Å²) in [6.45, 7) is 9.87.